The molecule has 0 saturated carbocycles. The quantitative estimate of drug-likeness (QED) is 0.409. The molecule has 0 aliphatic carbocycles. The molecule has 0 aliphatic heterocycles. The summed E-state index contributed by atoms with van der Waals surface area (Å²) in [6, 6.07) is 4.86. The molecule has 0 aromatic carbocycles. The van der Waals surface area contributed by atoms with E-state index in [0.717, 1.165) is 0 Å². The van der Waals surface area contributed by atoms with Crippen molar-refractivity contribution in [1.29, 1.82) is 5.26 Å². The van der Waals surface area contributed by atoms with Crippen molar-refractivity contribution in [3.8, 4) is 6.07 Å². The van der Waals surface area contributed by atoms with Gasteiger partial charge in [0.1, 0.15) is 6.07 Å². The van der Waals surface area contributed by atoms with Crippen molar-refractivity contribution in [3.63, 3.8) is 0 Å². The Morgan fingerprint density at radius 3 is 3.08 bits per heavy atom. The Bertz CT molecular complexity index is 354. The molecule has 1 N–H and O–H groups in total. The van der Waals surface area contributed by atoms with Crippen molar-refractivity contribution in [1.82, 2.24) is 4.98 Å². The number of hydrogen-bond donors (Lipinski definition) is 1. The Morgan fingerprint density at radius 1 is 1.75 bits per heavy atom. The lowest BCUT2D eigenvalue weighted by Crippen LogP contribution is -1.82. The van der Waals surface area contributed by atoms with Crippen molar-refractivity contribution in [3.05, 3.63) is 34.8 Å². The van der Waals surface area contributed by atoms with Crippen molar-refractivity contribution < 1.29 is 5.11 Å². The van der Waals surface area contributed by atoms with Crippen LogP contribution in [0.1, 0.15) is 5.69 Å². The minimum absolute atomic E-state index is 0.387. The summed E-state index contributed by atoms with van der Waals surface area (Å²) in [5.41, 5.74) is 0.387. The number of halogens is 1. The maximum atomic E-state index is 8.84. The van der Waals surface area contributed by atoms with Gasteiger partial charge in [-0.2, -0.15) is 5.26 Å². The zero-order chi connectivity index (χ0) is 8.97. The van der Waals surface area contributed by atoms with E-state index in [1.165, 1.54) is 12.3 Å². The van der Waals surface area contributed by atoms with E-state index in [4.69, 9.17) is 22.0 Å². The van der Waals surface area contributed by atoms with Crippen molar-refractivity contribution in [2.24, 2.45) is 0 Å². The van der Waals surface area contributed by atoms with E-state index in [9.17, 15) is 0 Å². The SMILES string of the molecule is N#CC(O)=Cc1ncccc1Cl. The van der Waals surface area contributed by atoms with E-state index >= 15 is 0 Å². The number of aromatic nitrogens is 1. The first kappa shape index (κ1) is 8.57. The van der Waals surface area contributed by atoms with Gasteiger partial charge in [-0.05, 0) is 12.1 Å². The Balaban J connectivity index is 3.06. The largest absolute Gasteiger partial charge is 0.499 e. The number of aliphatic hydroxyl groups is 1. The molecule has 1 heterocycles. The lowest BCUT2D eigenvalue weighted by atomic mass is 10.3. The van der Waals surface area contributed by atoms with Crippen LogP contribution in [0.3, 0.4) is 0 Å². The second kappa shape index (κ2) is 3.74. The Morgan fingerprint density at radius 2 is 2.50 bits per heavy atom. The maximum absolute atomic E-state index is 8.84. The highest BCUT2D eigenvalue weighted by atomic mass is 35.5. The molecule has 3 nitrogen and oxygen atoms in total. The van der Waals surface area contributed by atoms with Crippen LogP contribution in [0.25, 0.3) is 6.08 Å². The van der Waals surface area contributed by atoms with Crippen LogP contribution in [0.5, 0.6) is 0 Å². The number of allylic oxidation sites excluding steroid dienone is 1. The van der Waals surface area contributed by atoms with Gasteiger partial charge in [-0.3, -0.25) is 4.98 Å². The molecule has 1 aromatic heterocycles. The molecule has 0 aliphatic rings. The number of nitrogens with zero attached hydrogens (tertiary/aromatic N) is 2. The number of rotatable bonds is 1. The Hall–Kier alpha value is -1.53. The van der Waals surface area contributed by atoms with Crippen LogP contribution in [0.4, 0.5) is 0 Å². The van der Waals surface area contributed by atoms with Gasteiger partial charge in [-0.25, -0.2) is 0 Å². The highest BCUT2D eigenvalue weighted by Crippen LogP contribution is 2.14. The molecule has 1 rings (SSSR count). The number of hydrogen-bond acceptors (Lipinski definition) is 3. The average molecular weight is 181 g/mol. The summed E-state index contributed by atoms with van der Waals surface area (Å²) >= 11 is 5.70. The molecule has 12 heavy (non-hydrogen) atoms. The van der Waals surface area contributed by atoms with Gasteiger partial charge in [0.25, 0.3) is 0 Å². The lowest BCUT2D eigenvalue weighted by molar-refractivity contribution is 0.441. The summed E-state index contributed by atoms with van der Waals surface area (Å²) < 4.78 is 0. The van der Waals surface area contributed by atoms with Gasteiger partial charge in [0.2, 0.25) is 0 Å². The third kappa shape index (κ3) is 1.97. The topological polar surface area (TPSA) is 56.9 Å². The van der Waals surface area contributed by atoms with E-state index in [-0.39, 0.29) is 0 Å². The van der Waals surface area contributed by atoms with Gasteiger partial charge in [-0.1, -0.05) is 11.6 Å². The van der Waals surface area contributed by atoms with E-state index in [0.29, 0.717) is 10.7 Å². The van der Waals surface area contributed by atoms with Crippen LogP contribution in [0.2, 0.25) is 5.02 Å². The Kier molecular flexibility index (Phi) is 2.67. The second-order valence-corrected chi connectivity index (χ2v) is 2.42. The van der Waals surface area contributed by atoms with E-state index in [1.54, 1.807) is 18.2 Å². The molecule has 60 valence electrons. The van der Waals surface area contributed by atoms with Crippen molar-refractivity contribution >= 4 is 17.7 Å². The summed E-state index contributed by atoms with van der Waals surface area (Å²) in [4.78, 5) is 3.85. The number of nitriles is 1. The maximum Gasteiger partial charge on any atom is 0.196 e. The first-order valence-electron chi connectivity index (χ1n) is 3.15. The van der Waals surface area contributed by atoms with Gasteiger partial charge in [0.15, 0.2) is 5.76 Å². The van der Waals surface area contributed by atoms with Crippen LogP contribution < -0.4 is 0 Å². The molecule has 4 heteroatoms. The zero-order valence-corrected chi connectivity index (χ0v) is 6.78. The predicted octanol–water partition coefficient (Wildman–Crippen LogP) is 2.16. The van der Waals surface area contributed by atoms with Crippen LogP contribution in [-0.4, -0.2) is 10.1 Å². The van der Waals surface area contributed by atoms with Crippen LogP contribution in [0, 0.1) is 11.3 Å². The third-order valence-electron chi connectivity index (χ3n) is 1.17. The fourth-order valence-electron chi connectivity index (χ4n) is 0.666. The normalized spacial score (nSPS) is 10.8. The number of aliphatic hydroxyl groups excluding tert-OH is 1. The minimum atomic E-state index is -0.407. The molecular weight excluding hydrogens is 176 g/mol. The molecular formula is C8H5ClN2O. The molecule has 0 fully saturated rings. The smallest absolute Gasteiger partial charge is 0.196 e. The molecule has 0 radical (unpaired) electrons. The van der Waals surface area contributed by atoms with Crippen molar-refractivity contribution in [2.75, 3.05) is 0 Å². The van der Waals surface area contributed by atoms with E-state index < -0.39 is 5.76 Å². The fraction of sp³-hybridized carbons (Fsp3) is 0. The van der Waals surface area contributed by atoms with E-state index in [2.05, 4.69) is 4.98 Å². The Labute approximate surface area is 74.5 Å². The summed E-state index contributed by atoms with van der Waals surface area (Å²) in [6.45, 7) is 0. The van der Waals surface area contributed by atoms with Gasteiger partial charge in [0.05, 0.1) is 10.7 Å². The molecule has 1 aromatic rings. The molecule has 0 saturated heterocycles. The first-order chi connectivity index (χ1) is 5.74. The van der Waals surface area contributed by atoms with Crippen LogP contribution in [0.15, 0.2) is 24.1 Å². The molecule has 0 unspecified atom stereocenters. The van der Waals surface area contributed by atoms with Gasteiger partial charge in [-0.15, -0.1) is 0 Å². The predicted molar refractivity (Wildman–Crippen MR) is 45.5 cm³/mol. The summed E-state index contributed by atoms with van der Waals surface area (Å²) in [7, 11) is 0. The van der Waals surface area contributed by atoms with Crippen LogP contribution in [-0.2, 0) is 0 Å². The monoisotopic (exact) mass is 180 g/mol. The summed E-state index contributed by atoms with van der Waals surface area (Å²) in [5.74, 6) is -0.407. The number of pyridine rings is 1. The zero-order valence-electron chi connectivity index (χ0n) is 6.03. The van der Waals surface area contributed by atoms with Gasteiger partial charge >= 0.3 is 0 Å². The second-order valence-electron chi connectivity index (χ2n) is 2.01. The third-order valence-corrected chi connectivity index (χ3v) is 1.49. The standard InChI is InChI=1S/C8H5ClN2O/c9-7-2-1-3-11-8(7)4-6(12)5-10/h1-4,12H. The summed E-state index contributed by atoms with van der Waals surface area (Å²) in [6.07, 6.45) is 2.74. The van der Waals surface area contributed by atoms with Gasteiger partial charge < -0.3 is 5.11 Å². The molecule has 0 atom stereocenters. The average Bonchev–Trinajstić information content (AvgIpc) is 2.09. The fourth-order valence-corrected chi connectivity index (χ4v) is 0.842. The minimum Gasteiger partial charge on any atom is -0.499 e. The first-order valence-corrected chi connectivity index (χ1v) is 3.53. The van der Waals surface area contributed by atoms with Crippen LogP contribution >= 0.6 is 11.6 Å². The van der Waals surface area contributed by atoms with E-state index in [1.807, 2.05) is 0 Å². The molecule has 0 bridgehead atoms. The molecule has 0 spiro atoms. The molecule has 0 amide bonds. The summed E-state index contributed by atoms with van der Waals surface area (Å²) in [5, 5.41) is 17.5. The highest BCUT2D eigenvalue weighted by Gasteiger charge is 1.97. The lowest BCUT2D eigenvalue weighted by Gasteiger charge is -1.94. The highest BCUT2D eigenvalue weighted by molar-refractivity contribution is 6.31. The van der Waals surface area contributed by atoms with Crippen molar-refractivity contribution in [2.45, 2.75) is 0 Å². The van der Waals surface area contributed by atoms with Gasteiger partial charge in [0, 0.05) is 12.3 Å².